The summed E-state index contributed by atoms with van der Waals surface area (Å²) in [5.74, 6) is 1.46. The molecule has 1 N–H and O–H groups in total. The number of hydrogen-bond donors (Lipinski definition) is 1. The molecule has 1 aliphatic rings. The molecule has 0 spiro atoms. The molecule has 1 unspecified atom stereocenters. The van der Waals surface area contributed by atoms with Crippen molar-refractivity contribution in [3.05, 3.63) is 23.8 Å². The SMILES string of the molecule is CCOc1ccc(C(=O)C(C)N2CCNCC2)cc1OCC. The lowest BCUT2D eigenvalue weighted by Crippen LogP contribution is -2.50. The van der Waals surface area contributed by atoms with Crippen LogP contribution in [0, 0.1) is 0 Å². The first kappa shape index (κ1) is 16.8. The van der Waals surface area contributed by atoms with Crippen LogP contribution in [-0.2, 0) is 0 Å². The van der Waals surface area contributed by atoms with Crippen molar-refractivity contribution in [2.45, 2.75) is 26.8 Å². The van der Waals surface area contributed by atoms with Gasteiger partial charge in [-0.05, 0) is 39.0 Å². The van der Waals surface area contributed by atoms with Gasteiger partial charge in [0.1, 0.15) is 0 Å². The van der Waals surface area contributed by atoms with E-state index in [9.17, 15) is 4.79 Å². The molecule has 5 nitrogen and oxygen atoms in total. The van der Waals surface area contributed by atoms with Gasteiger partial charge in [-0.25, -0.2) is 0 Å². The zero-order valence-corrected chi connectivity index (χ0v) is 13.7. The minimum atomic E-state index is -0.116. The summed E-state index contributed by atoms with van der Waals surface area (Å²) in [4.78, 5) is 14.9. The van der Waals surface area contributed by atoms with Gasteiger partial charge in [-0.1, -0.05) is 0 Å². The molecule has 5 heteroatoms. The van der Waals surface area contributed by atoms with Crippen molar-refractivity contribution in [1.29, 1.82) is 0 Å². The third kappa shape index (κ3) is 3.99. The maximum absolute atomic E-state index is 12.7. The van der Waals surface area contributed by atoms with E-state index in [2.05, 4.69) is 10.2 Å². The molecule has 1 atom stereocenters. The van der Waals surface area contributed by atoms with Crippen LogP contribution in [0.1, 0.15) is 31.1 Å². The van der Waals surface area contributed by atoms with Gasteiger partial charge in [-0.2, -0.15) is 0 Å². The average Bonchev–Trinajstić information content (AvgIpc) is 2.56. The molecule has 0 radical (unpaired) electrons. The molecule has 1 aromatic rings. The number of Topliss-reactive ketones (excluding diaryl/α,β-unsaturated/α-hetero) is 1. The molecule has 2 rings (SSSR count). The van der Waals surface area contributed by atoms with E-state index in [1.807, 2.05) is 32.9 Å². The lowest BCUT2D eigenvalue weighted by atomic mass is 10.0. The minimum Gasteiger partial charge on any atom is -0.490 e. The van der Waals surface area contributed by atoms with Crippen molar-refractivity contribution >= 4 is 5.78 Å². The molecule has 1 fully saturated rings. The highest BCUT2D eigenvalue weighted by Crippen LogP contribution is 2.29. The van der Waals surface area contributed by atoms with Crippen LogP contribution >= 0.6 is 0 Å². The van der Waals surface area contributed by atoms with Crippen LogP contribution in [0.2, 0.25) is 0 Å². The number of nitrogens with zero attached hydrogens (tertiary/aromatic N) is 1. The number of rotatable bonds is 7. The van der Waals surface area contributed by atoms with Crippen LogP contribution in [0.15, 0.2) is 18.2 Å². The fourth-order valence-corrected chi connectivity index (χ4v) is 2.68. The molecule has 0 aliphatic carbocycles. The molecule has 1 aromatic carbocycles. The predicted octanol–water partition coefficient (Wildman–Crippen LogP) is 1.96. The van der Waals surface area contributed by atoms with Crippen molar-refractivity contribution < 1.29 is 14.3 Å². The van der Waals surface area contributed by atoms with Gasteiger partial charge in [0.05, 0.1) is 19.3 Å². The zero-order valence-electron chi connectivity index (χ0n) is 13.7. The molecular formula is C17H26N2O3. The number of hydrogen-bond acceptors (Lipinski definition) is 5. The molecule has 1 aliphatic heterocycles. The smallest absolute Gasteiger partial charge is 0.179 e. The summed E-state index contributed by atoms with van der Waals surface area (Å²) in [5.41, 5.74) is 0.679. The highest BCUT2D eigenvalue weighted by atomic mass is 16.5. The Hall–Kier alpha value is -1.59. The van der Waals surface area contributed by atoms with E-state index in [0.717, 1.165) is 26.2 Å². The summed E-state index contributed by atoms with van der Waals surface area (Å²) in [5, 5.41) is 3.31. The van der Waals surface area contributed by atoms with E-state index >= 15 is 0 Å². The normalized spacial score (nSPS) is 17.0. The molecule has 0 bridgehead atoms. The van der Waals surface area contributed by atoms with E-state index < -0.39 is 0 Å². The number of nitrogens with one attached hydrogen (secondary N) is 1. The number of piperazine rings is 1. The number of benzene rings is 1. The van der Waals surface area contributed by atoms with Crippen molar-refractivity contribution in [2.75, 3.05) is 39.4 Å². The Kier molecular flexibility index (Phi) is 6.21. The van der Waals surface area contributed by atoms with Crippen LogP contribution in [0.4, 0.5) is 0 Å². The van der Waals surface area contributed by atoms with Gasteiger partial charge in [0.2, 0.25) is 0 Å². The van der Waals surface area contributed by atoms with Gasteiger partial charge in [-0.3, -0.25) is 9.69 Å². The molecule has 22 heavy (non-hydrogen) atoms. The summed E-state index contributed by atoms with van der Waals surface area (Å²) >= 11 is 0. The first-order chi connectivity index (χ1) is 10.7. The standard InChI is InChI=1S/C17H26N2O3/c1-4-21-15-7-6-14(12-16(15)22-5-2)17(20)13(3)19-10-8-18-9-11-19/h6-7,12-13,18H,4-5,8-11H2,1-3H3. The summed E-state index contributed by atoms with van der Waals surface area (Å²) in [6, 6.07) is 5.34. The Morgan fingerprint density at radius 2 is 1.82 bits per heavy atom. The minimum absolute atomic E-state index is 0.116. The number of carbonyl (C=O) groups excluding carboxylic acids is 1. The molecule has 0 aromatic heterocycles. The quantitative estimate of drug-likeness (QED) is 0.781. The second-order valence-electron chi connectivity index (χ2n) is 5.35. The number of carbonyl (C=O) groups is 1. The monoisotopic (exact) mass is 306 g/mol. The lowest BCUT2D eigenvalue weighted by molar-refractivity contribution is 0.0819. The summed E-state index contributed by atoms with van der Waals surface area (Å²) in [6.45, 7) is 10.6. The first-order valence-corrected chi connectivity index (χ1v) is 8.06. The third-order valence-electron chi connectivity index (χ3n) is 3.91. The third-order valence-corrected chi connectivity index (χ3v) is 3.91. The van der Waals surface area contributed by atoms with Crippen LogP contribution in [0.5, 0.6) is 11.5 Å². The molecule has 1 saturated heterocycles. The van der Waals surface area contributed by atoms with E-state index in [0.29, 0.717) is 30.3 Å². The van der Waals surface area contributed by atoms with Crippen LogP contribution < -0.4 is 14.8 Å². The van der Waals surface area contributed by atoms with Gasteiger partial charge in [0.25, 0.3) is 0 Å². The predicted molar refractivity (Wildman–Crippen MR) is 87.0 cm³/mol. The summed E-state index contributed by atoms with van der Waals surface area (Å²) < 4.78 is 11.2. The maximum Gasteiger partial charge on any atom is 0.179 e. The Bertz CT molecular complexity index is 499. The largest absolute Gasteiger partial charge is 0.490 e. The number of ether oxygens (including phenoxy) is 2. The molecular weight excluding hydrogens is 280 g/mol. The van der Waals surface area contributed by atoms with Crippen molar-refractivity contribution in [1.82, 2.24) is 10.2 Å². The van der Waals surface area contributed by atoms with Gasteiger partial charge in [-0.15, -0.1) is 0 Å². The Morgan fingerprint density at radius 3 is 2.45 bits per heavy atom. The average molecular weight is 306 g/mol. The molecule has 122 valence electrons. The topological polar surface area (TPSA) is 50.8 Å². The van der Waals surface area contributed by atoms with Gasteiger partial charge in [0.15, 0.2) is 17.3 Å². The van der Waals surface area contributed by atoms with Crippen LogP contribution in [-0.4, -0.2) is 56.1 Å². The van der Waals surface area contributed by atoms with Gasteiger partial charge in [0, 0.05) is 31.7 Å². The second kappa shape index (κ2) is 8.15. The van der Waals surface area contributed by atoms with E-state index in [1.54, 1.807) is 6.07 Å². The van der Waals surface area contributed by atoms with E-state index in [-0.39, 0.29) is 11.8 Å². The summed E-state index contributed by atoms with van der Waals surface area (Å²) in [7, 11) is 0. The van der Waals surface area contributed by atoms with Crippen LogP contribution in [0.25, 0.3) is 0 Å². The second-order valence-corrected chi connectivity index (χ2v) is 5.35. The lowest BCUT2D eigenvalue weighted by Gasteiger charge is -2.31. The van der Waals surface area contributed by atoms with Crippen molar-refractivity contribution in [3.8, 4) is 11.5 Å². The van der Waals surface area contributed by atoms with Crippen LogP contribution in [0.3, 0.4) is 0 Å². The number of ketones is 1. The Morgan fingerprint density at radius 1 is 1.18 bits per heavy atom. The fraction of sp³-hybridized carbons (Fsp3) is 0.588. The zero-order chi connectivity index (χ0) is 15.9. The van der Waals surface area contributed by atoms with Crippen molar-refractivity contribution in [3.63, 3.8) is 0 Å². The maximum atomic E-state index is 12.7. The van der Waals surface area contributed by atoms with Gasteiger partial charge < -0.3 is 14.8 Å². The molecule has 1 heterocycles. The molecule has 0 saturated carbocycles. The molecule has 0 amide bonds. The highest BCUT2D eigenvalue weighted by molar-refractivity contribution is 6.00. The first-order valence-electron chi connectivity index (χ1n) is 8.06. The Labute approximate surface area is 132 Å². The van der Waals surface area contributed by atoms with Crippen molar-refractivity contribution in [2.24, 2.45) is 0 Å². The Balaban J connectivity index is 2.15. The fourth-order valence-electron chi connectivity index (χ4n) is 2.68. The van der Waals surface area contributed by atoms with E-state index in [1.165, 1.54) is 0 Å². The summed E-state index contributed by atoms with van der Waals surface area (Å²) in [6.07, 6.45) is 0. The van der Waals surface area contributed by atoms with E-state index in [4.69, 9.17) is 9.47 Å². The highest BCUT2D eigenvalue weighted by Gasteiger charge is 2.24. The van der Waals surface area contributed by atoms with Gasteiger partial charge >= 0.3 is 0 Å².